The Balaban J connectivity index is 2.16. The van der Waals surface area contributed by atoms with Gasteiger partial charge in [0.15, 0.2) is 0 Å². The van der Waals surface area contributed by atoms with Gasteiger partial charge in [0, 0.05) is 29.6 Å². The molecule has 0 atom stereocenters. The van der Waals surface area contributed by atoms with Crippen LogP contribution in [0.15, 0.2) is 60.0 Å². The number of alkyl halides is 3. The molecule has 1 aliphatic rings. The van der Waals surface area contributed by atoms with Crippen molar-refractivity contribution < 1.29 is 18.1 Å². The summed E-state index contributed by atoms with van der Waals surface area (Å²) in [5.41, 5.74) is -0.246. The predicted octanol–water partition coefficient (Wildman–Crippen LogP) is 3.75. The Hall–Kier alpha value is -2.90. The Morgan fingerprint density at radius 1 is 1.18 bits per heavy atom. The van der Waals surface area contributed by atoms with E-state index >= 15 is 0 Å². The number of allylic oxidation sites excluding steroid dienone is 4. The van der Waals surface area contributed by atoms with E-state index in [1.165, 1.54) is 36.6 Å². The Morgan fingerprint density at radius 3 is 2.36 bits per heavy atom. The summed E-state index contributed by atoms with van der Waals surface area (Å²) in [4.78, 5) is 10.1. The van der Waals surface area contributed by atoms with Crippen LogP contribution in [0.2, 0.25) is 0 Å². The third kappa shape index (κ3) is 3.60. The first-order valence-corrected chi connectivity index (χ1v) is 6.04. The highest BCUT2D eigenvalue weighted by atomic mass is 19.4. The zero-order valence-corrected chi connectivity index (χ0v) is 11.0. The molecule has 0 bridgehead atoms. The van der Waals surface area contributed by atoms with Crippen LogP contribution in [0.1, 0.15) is 5.56 Å². The maximum Gasteiger partial charge on any atom is 0.416 e. The molecule has 0 aliphatic heterocycles. The van der Waals surface area contributed by atoms with Crippen molar-refractivity contribution in [1.82, 2.24) is 0 Å². The number of hydrogen-bond donors (Lipinski definition) is 2. The Morgan fingerprint density at radius 2 is 1.82 bits per heavy atom. The molecule has 2 N–H and O–H groups in total. The van der Waals surface area contributed by atoms with Crippen molar-refractivity contribution in [2.24, 2.45) is 0 Å². The first-order valence-electron chi connectivity index (χ1n) is 6.04. The smallest absolute Gasteiger partial charge is 0.361 e. The Bertz CT molecular complexity index is 701. The molecule has 0 amide bonds. The molecule has 0 heterocycles. The van der Waals surface area contributed by atoms with E-state index in [9.17, 15) is 23.3 Å². The fraction of sp³-hybridized carbons (Fsp3) is 0.0714. The summed E-state index contributed by atoms with van der Waals surface area (Å²) in [5.74, 6) is 0. The second-order valence-electron chi connectivity index (χ2n) is 4.39. The molecule has 1 aromatic rings. The van der Waals surface area contributed by atoms with Gasteiger partial charge in [-0.25, -0.2) is 0 Å². The second-order valence-corrected chi connectivity index (χ2v) is 4.39. The highest BCUT2D eigenvalue weighted by Crippen LogP contribution is 2.29. The number of halogens is 3. The summed E-state index contributed by atoms with van der Waals surface area (Å²) in [6.07, 6.45) is 0.615. The maximum atomic E-state index is 12.4. The summed E-state index contributed by atoms with van der Waals surface area (Å²) in [5, 5.41) is 21.0. The lowest BCUT2D eigenvalue weighted by Crippen LogP contribution is -2.08. The molecule has 2 rings (SSSR count). The Kier molecular flexibility index (Phi) is 4.11. The van der Waals surface area contributed by atoms with E-state index in [0.29, 0.717) is 5.69 Å². The maximum absolute atomic E-state index is 12.4. The lowest BCUT2D eigenvalue weighted by Gasteiger charge is -2.09. The normalized spacial score (nSPS) is 16.6. The van der Waals surface area contributed by atoms with Gasteiger partial charge in [-0.1, -0.05) is 0 Å². The molecule has 1 aromatic carbocycles. The fourth-order valence-electron chi connectivity index (χ4n) is 1.70. The number of benzene rings is 1. The van der Waals surface area contributed by atoms with Gasteiger partial charge in [0.25, 0.3) is 5.70 Å². The van der Waals surface area contributed by atoms with Crippen molar-refractivity contribution in [2.45, 2.75) is 6.18 Å². The van der Waals surface area contributed by atoms with Crippen molar-refractivity contribution in [2.75, 3.05) is 5.32 Å². The minimum absolute atomic E-state index is 0.0602. The minimum Gasteiger partial charge on any atom is -0.361 e. The van der Waals surface area contributed by atoms with E-state index in [0.717, 1.165) is 12.1 Å². The van der Waals surface area contributed by atoms with Gasteiger partial charge in [-0.15, -0.1) is 0 Å². The van der Waals surface area contributed by atoms with E-state index in [1.54, 1.807) is 0 Å². The lowest BCUT2D eigenvalue weighted by atomic mass is 10.0. The van der Waals surface area contributed by atoms with E-state index in [1.807, 2.05) is 0 Å². The minimum atomic E-state index is -4.41. The molecular formula is C14H10F3N3O2. The molecule has 5 nitrogen and oxygen atoms in total. The van der Waals surface area contributed by atoms with Crippen LogP contribution in [0.4, 0.5) is 18.9 Å². The molecule has 8 heteroatoms. The zero-order valence-electron chi connectivity index (χ0n) is 11.0. The monoisotopic (exact) mass is 309 g/mol. The van der Waals surface area contributed by atoms with Crippen LogP contribution in [-0.2, 0) is 6.18 Å². The number of hydrogen-bond acceptors (Lipinski definition) is 4. The van der Waals surface area contributed by atoms with Crippen LogP contribution in [0, 0.1) is 15.5 Å². The van der Waals surface area contributed by atoms with Crippen molar-refractivity contribution in [3.05, 3.63) is 75.6 Å². The quantitative estimate of drug-likeness (QED) is 0.659. The molecule has 0 saturated heterocycles. The van der Waals surface area contributed by atoms with Gasteiger partial charge >= 0.3 is 6.18 Å². The largest absolute Gasteiger partial charge is 0.416 e. The van der Waals surface area contributed by atoms with E-state index in [2.05, 4.69) is 5.32 Å². The summed E-state index contributed by atoms with van der Waals surface area (Å²) in [6.45, 7) is 0. The third-order valence-corrected chi connectivity index (χ3v) is 2.85. The van der Waals surface area contributed by atoms with Gasteiger partial charge in [0.05, 0.1) is 16.2 Å². The van der Waals surface area contributed by atoms with Gasteiger partial charge in [0.2, 0.25) is 0 Å². The molecule has 114 valence electrons. The molecule has 0 unspecified atom stereocenters. The van der Waals surface area contributed by atoms with Crippen LogP contribution in [-0.4, -0.2) is 10.6 Å². The van der Waals surface area contributed by atoms with Gasteiger partial charge in [-0.3, -0.25) is 10.1 Å². The van der Waals surface area contributed by atoms with E-state index < -0.39 is 16.7 Å². The summed E-state index contributed by atoms with van der Waals surface area (Å²) in [6, 6.07) is 4.32. The van der Waals surface area contributed by atoms with Crippen molar-refractivity contribution in [3.8, 4) is 0 Å². The molecule has 0 saturated carbocycles. The van der Waals surface area contributed by atoms with Crippen LogP contribution in [0.3, 0.4) is 0 Å². The topological polar surface area (TPSA) is 79.0 Å². The SMILES string of the molecule is N=C1C=CC([N+](=O)[O-])=C/C1=C/Nc1ccc(C(F)(F)F)cc1. The second kappa shape index (κ2) is 5.84. The highest BCUT2D eigenvalue weighted by molar-refractivity contribution is 6.09. The standard InChI is InChI=1S/C14H10F3N3O2/c15-14(16,17)10-1-3-11(4-2-10)19-8-9-7-12(20(21)22)5-6-13(9)18/h1-8,18-19H/b9-8-,18-13?. The number of nitro groups is 1. The molecule has 0 fully saturated rings. The fourth-order valence-corrected chi connectivity index (χ4v) is 1.70. The summed E-state index contributed by atoms with van der Waals surface area (Å²) >= 11 is 0. The van der Waals surface area contributed by atoms with Gasteiger partial charge in [0.1, 0.15) is 0 Å². The van der Waals surface area contributed by atoms with Crippen LogP contribution >= 0.6 is 0 Å². The third-order valence-electron chi connectivity index (χ3n) is 2.85. The summed E-state index contributed by atoms with van der Waals surface area (Å²) in [7, 11) is 0. The molecular weight excluding hydrogens is 299 g/mol. The van der Waals surface area contributed by atoms with Crippen molar-refractivity contribution in [3.63, 3.8) is 0 Å². The first-order chi connectivity index (χ1) is 10.3. The molecule has 0 aromatic heterocycles. The summed E-state index contributed by atoms with van der Waals surface area (Å²) < 4.78 is 37.3. The molecule has 1 aliphatic carbocycles. The molecule has 0 spiro atoms. The number of anilines is 1. The van der Waals surface area contributed by atoms with Crippen molar-refractivity contribution >= 4 is 11.4 Å². The van der Waals surface area contributed by atoms with Crippen LogP contribution in [0.5, 0.6) is 0 Å². The van der Waals surface area contributed by atoms with Gasteiger partial charge < -0.3 is 10.7 Å². The number of nitrogens with one attached hydrogen (secondary N) is 2. The Labute approximate surface area is 123 Å². The van der Waals surface area contributed by atoms with Crippen LogP contribution in [0.25, 0.3) is 0 Å². The van der Waals surface area contributed by atoms with E-state index in [4.69, 9.17) is 5.41 Å². The van der Waals surface area contributed by atoms with E-state index in [-0.39, 0.29) is 17.0 Å². The highest BCUT2D eigenvalue weighted by Gasteiger charge is 2.29. The predicted molar refractivity (Wildman–Crippen MR) is 75.1 cm³/mol. The first kappa shape index (κ1) is 15.5. The number of rotatable bonds is 3. The molecule has 0 radical (unpaired) electrons. The van der Waals surface area contributed by atoms with Gasteiger partial charge in [-0.05, 0) is 30.3 Å². The zero-order chi connectivity index (χ0) is 16.3. The van der Waals surface area contributed by atoms with Gasteiger partial charge in [-0.2, -0.15) is 13.2 Å². The molecule has 22 heavy (non-hydrogen) atoms. The lowest BCUT2D eigenvalue weighted by molar-refractivity contribution is -0.419. The van der Waals surface area contributed by atoms with Crippen LogP contribution < -0.4 is 5.32 Å². The number of nitrogens with zero attached hydrogens (tertiary/aromatic N) is 1. The average Bonchev–Trinajstić information content (AvgIpc) is 2.45. The van der Waals surface area contributed by atoms with Crippen molar-refractivity contribution in [1.29, 1.82) is 5.41 Å². The average molecular weight is 309 g/mol.